The van der Waals surface area contributed by atoms with Gasteiger partial charge in [-0.1, -0.05) is 12.1 Å². The lowest BCUT2D eigenvalue weighted by molar-refractivity contribution is -0.137. The molecule has 1 rings (SSSR count). The van der Waals surface area contributed by atoms with E-state index >= 15 is 0 Å². The summed E-state index contributed by atoms with van der Waals surface area (Å²) in [6.45, 7) is 0.328. The maximum Gasteiger partial charge on any atom is 0.303 e. The van der Waals surface area contributed by atoms with Crippen LogP contribution in [0.3, 0.4) is 0 Å². The summed E-state index contributed by atoms with van der Waals surface area (Å²) in [6.07, 6.45) is -0.0784. The van der Waals surface area contributed by atoms with Crippen molar-refractivity contribution in [1.29, 1.82) is 0 Å². The number of nitrogens with one attached hydrogen (secondary N) is 1. The number of carboxylic acids is 1. The molecule has 0 aromatic heterocycles. The summed E-state index contributed by atoms with van der Waals surface area (Å²) >= 11 is 0. The van der Waals surface area contributed by atoms with Gasteiger partial charge in [0.25, 0.3) is 0 Å². The van der Waals surface area contributed by atoms with Crippen molar-refractivity contribution in [1.82, 2.24) is 0 Å². The molecule has 4 N–H and O–H groups in total. The molecule has 0 heterocycles. The van der Waals surface area contributed by atoms with E-state index in [9.17, 15) is 13.2 Å². The zero-order valence-electron chi connectivity index (χ0n) is 9.80. The first-order valence-electron chi connectivity index (χ1n) is 5.44. The Morgan fingerprint density at radius 1 is 1.39 bits per heavy atom. The molecule has 0 amide bonds. The van der Waals surface area contributed by atoms with Crippen molar-refractivity contribution in [3.05, 3.63) is 29.8 Å². The van der Waals surface area contributed by atoms with Gasteiger partial charge in [-0.3, -0.25) is 9.52 Å². The van der Waals surface area contributed by atoms with E-state index < -0.39 is 16.0 Å². The van der Waals surface area contributed by atoms with E-state index in [1.807, 2.05) is 0 Å². The standard InChI is InChI=1S/C11H16N2O4S/c12-8-9-3-1-4-10(7-9)13-18(16,17)6-2-5-11(14)15/h1,3-4,7,13H,2,5-6,8,12H2,(H,14,15). The lowest BCUT2D eigenvalue weighted by Gasteiger charge is -2.08. The summed E-state index contributed by atoms with van der Waals surface area (Å²) in [7, 11) is -3.51. The molecule has 0 aliphatic rings. The Labute approximate surface area is 106 Å². The van der Waals surface area contributed by atoms with Gasteiger partial charge in [-0.25, -0.2) is 8.42 Å². The second-order valence-corrected chi connectivity index (χ2v) is 5.66. The van der Waals surface area contributed by atoms with Crippen LogP contribution in [0, 0.1) is 0 Å². The quantitative estimate of drug-likeness (QED) is 0.678. The number of carboxylic acid groups (broad SMARTS) is 1. The fraction of sp³-hybridized carbons (Fsp3) is 0.364. The van der Waals surface area contributed by atoms with Gasteiger partial charge in [0.2, 0.25) is 10.0 Å². The van der Waals surface area contributed by atoms with Crippen LogP contribution in [0.5, 0.6) is 0 Å². The highest BCUT2D eigenvalue weighted by Gasteiger charge is 2.11. The van der Waals surface area contributed by atoms with Crippen LogP contribution >= 0.6 is 0 Å². The van der Waals surface area contributed by atoms with Crippen molar-refractivity contribution in [2.75, 3.05) is 10.5 Å². The molecule has 0 aliphatic carbocycles. The Bertz CT molecular complexity index is 514. The number of sulfonamides is 1. The van der Waals surface area contributed by atoms with Crippen LogP contribution in [-0.4, -0.2) is 25.2 Å². The highest BCUT2D eigenvalue weighted by atomic mass is 32.2. The third-order valence-electron chi connectivity index (χ3n) is 2.24. The SMILES string of the molecule is NCc1cccc(NS(=O)(=O)CCCC(=O)O)c1. The second kappa shape index (κ2) is 6.36. The highest BCUT2D eigenvalue weighted by Crippen LogP contribution is 2.12. The molecule has 0 atom stereocenters. The second-order valence-electron chi connectivity index (χ2n) is 3.82. The van der Waals surface area contributed by atoms with Crippen LogP contribution < -0.4 is 10.5 Å². The van der Waals surface area contributed by atoms with Crippen molar-refractivity contribution >= 4 is 21.7 Å². The number of hydrogen-bond acceptors (Lipinski definition) is 4. The van der Waals surface area contributed by atoms with Gasteiger partial charge in [0.05, 0.1) is 5.75 Å². The Hall–Kier alpha value is -1.60. The third-order valence-corrected chi connectivity index (χ3v) is 3.61. The molecule has 18 heavy (non-hydrogen) atoms. The first-order valence-corrected chi connectivity index (χ1v) is 7.09. The molecular formula is C11H16N2O4S. The third kappa shape index (κ3) is 5.15. The van der Waals surface area contributed by atoms with E-state index in [2.05, 4.69) is 4.72 Å². The molecule has 1 aromatic rings. The molecule has 0 fully saturated rings. The molecular weight excluding hydrogens is 256 g/mol. The van der Waals surface area contributed by atoms with Crippen molar-refractivity contribution in [2.45, 2.75) is 19.4 Å². The van der Waals surface area contributed by atoms with Gasteiger partial charge in [-0.05, 0) is 24.1 Å². The molecule has 0 saturated heterocycles. The topological polar surface area (TPSA) is 109 Å². The first-order chi connectivity index (χ1) is 8.43. The van der Waals surface area contributed by atoms with Crippen molar-refractivity contribution < 1.29 is 18.3 Å². The molecule has 100 valence electrons. The number of carbonyl (C=O) groups is 1. The summed E-state index contributed by atoms with van der Waals surface area (Å²) < 4.78 is 25.7. The zero-order chi connectivity index (χ0) is 13.6. The van der Waals surface area contributed by atoms with Crippen LogP contribution in [0.25, 0.3) is 0 Å². The number of nitrogens with two attached hydrogens (primary N) is 1. The van der Waals surface area contributed by atoms with E-state index in [0.717, 1.165) is 5.56 Å². The molecule has 1 aromatic carbocycles. The largest absolute Gasteiger partial charge is 0.481 e. The summed E-state index contributed by atoms with van der Waals surface area (Å²) in [4.78, 5) is 10.3. The van der Waals surface area contributed by atoms with Gasteiger partial charge in [0.15, 0.2) is 0 Å². The molecule has 0 spiro atoms. The molecule has 0 radical (unpaired) electrons. The van der Waals surface area contributed by atoms with Gasteiger partial charge in [-0.2, -0.15) is 0 Å². The predicted octanol–water partition coefficient (Wildman–Crippen LogP) is 0.752. The fourth-order valence-corrected chi connectivity index (χ4v) is 2.52. The van der Waals surface area contributed by atoms with Gasteiger partial charge in [0.1, 0.15) is 0 Å². The Kier molecular flexibility index (Phi) is 5.11. The lowest BCUT2D eigenvalue weighted by Crippen LogP contribution is -2.17. The zero-order valence-corrected chi connectivity index (χ0v) is 10.6. The van der Waals surface area contributed by atoms with Gasteiger partial charge in [0, 0.05) is 18.7 Å². The van der Waals surface area contributed by atoms with Gasteiger partial charge >= 0.3 is 5.97 Å². The maximum absolute atomic E-state index is 11.6. The summed E-state index contributed by atoms with van der Waals surface area (Å²) in [5, 5.41) is 8.44. The number of aliphatic carboxylic acids is 1. The number of anilines is 1. The van der Waals surface area contributed by atoms with E-state index in [-0.39, 0.29) is 18.6 Å². The Morgan fingerprint density at radius 3 is 2.72 bits per heavy atom. The molecule has 0 aliphatic heterocycles. The molecule has 0 bridgehead atoms. The van der Waals surface area contributed by atoms with Crippen LogP contribution in [0.2, 0.25) is 0 Å². The van der Waals surface area contributed by atoms with Crippen LogP contribution in [0.1, 0.15) is 18.4 Å². The molecule has 0 unspecified atom stereocenters. The average Bonchev–Trinajstić information content (AvgIpc) is 2.27. The predicted molar refractivity (Wildman–Crippen MR) is 68.6 cm³/mol. The number of rotatable bonds is 7. The van der Waals surface area contributed by atoms with Crippen molar-refractivity contribution in [3.63, 3.8) is 0 Å². The minimum atomic E-state index is -3.51. The van der Waals surface area contributed by atoms with Crippen LogP contribution in [-0.2, 0) is 21.4 Å². The minimum absolute atomic E-state index is 0.0846. The summed E-state index contributed by atoms with van der Waals surface area (Å²) in [5.41, 5.74) is 6.71. The smallest absolute Gasteiger partial charge is 0.303 e. The van der Waals surface area contributed by atoms with Gasteiger partial charge < -0.3 is 10.8 Å². The maximum atomic E-state index is 11.6. The van der Waals surface area contributed by atoms with E-state index in [1.54, 1.807) is 24.3 Å². The van der Waals surface area contributed by atoms with E-state index in [1.165, 1.54) is 0 Å². The average molecular weight is 272 g/mol. The lowest BCUT2D eigenvalue weighted by atomic mass is 10.2. The Balaban J connectivity index is 2.61. The first kappa shape index (κ1) is 14.5. The molecule has 7 heteroatoms. The van der Waals surface area contributed by atoms with Gasteiger partial charge in [-0.15, -0.1) is 0 Å². The highest BCUT2D eigenvalue weighted by molar-refractivity contribution is 7.92. The number of benzene rings is 1. The van der Waals surface area contributed by atoms with E-state index in [4.69, 9.17) is 10.8 Å². The monoisotopic (exact) mass is 272 g/mol. The van der Waals surface area contributed by atoms with Crippen LogP contribution in [0.4, 0.5) is 5.69 Å². The van der Waals surface area contributed by atoms with E-state index in [0.29, 0.717) is 12.2 Å². The normalized spacial score (nSPS) is 11.2. The Morgan fingerprint density at radius 2 is 2.11 bits per heavy atom. The summed E-state index contributed by atoms with van der Waals surface area (Å²) in [6, 6.07) is 6.77. The van der Waals surface area contributed by atoms with Crippen LogP contribution in [0.15, 0.2) is 24.3 Å². The minimum Gasteiger partial charge on any atom is -0.481 e. The van der Waals surface area contributed by atoms with Crippen molar-refractivity contribution in [3.8, 4) is 0 Å². The fourth-order valence-electron chi connectivity index (χ4n) is 1.41. The molecule has 0 saturated carbocycles. The summed E-state index contributed by atoms with van der Waals surface area (Å²) in [5.74, 6) is -1.22. The number of hydrogen-bond donors (Lipinski definition) is 3. The van der Waals surface area contributed by atoms with Crippen molar-refractivity contribution in [2.24, 2.45) is 5.73 Å². The molecule has 6 nitrogen and oxygen atoms in total.